The van der Waals surface area contributed by atoms with Gasteiger partial charge in [-0.1, -0.05) is 37.9 Å². The Kier molecular flexibility index (Phi) is 8.13. The van der Waals surface area contributed by atoms with Crippen molar-refractivity contribution in [1.29, 1.82) is 0 Å². The van der Waals surface area contributed by atoms with Gasteiger partial charge in [0.1, 0.15) is 5.75 Å². The molecule has 184 valence electrons. The first-order valence-electron chi connectivity index (χ1n) is 11.9. The van der Waals surface area contributed by atoms with Crippen LogP contribution < -0.4 is 23.8 Å². The van der Waals surface area contributed by atoms with E-state index in [0.717, 1.165) is 45.6 Å². The molecule has 0 aliphatic heterocycles. The number of ether oxygens (including phenoxy) is 3. The van der Waals surface area contributed by atoms with Crippen molar-refractivity contribution in [2.45, 2.75) is 44.7 Å². The molecule has 7 nitrogen and oxygen atoms in total. The van der Waals surface area contributed by atoms with Gasteiger partial charge in [-0.05, 0) is 66.8 Å². The summed E-state index contributed by atoms with van der Waals surface area (Å²) in [4.78, 5) is 4.79. The number of hydrogen-bond acceptors (Lipinski definition) is 6. The standard InChI is InChI=1S/C27H32N4O3S/c1-6-7-8-9-14-35-27-28-26(29-30-27)31-18(2)15-20-16-23(33-4)24(34-5)17-22(20)25(31)19-10-12-21(32-3)13-11-19/h10-13,15-17H,6-9,14H2,1-5H3. The minimum Gasteiger partial charge on any atom is -0.497 e. The van der Waals surface area contributed by atoms with Gasteiger partial charge in [0, 0.05) is 16.8 Å². The van der Waals surface area contributed by atoms with E-state index in [2.05, 4.69) is 34.7 Å². The van der Waals surface area contributed by atoms with E-state index in [9.17, 15) is 0 Å². The molecule has 0 bridgehead atoms. The van der Waals surface area contributed by atoms with E-state index < -0.39 is 0 Å². The quantitative estimate of drug-likeness (QED) is 0.155. The maximum atomic E-state index is 5.62. The number of fused-ring (bicyclic) bond motifs is 1. The highest BCUT2D eigenvalue weighted by molar-refractivity contribution is 7.99. The van der Waals surface area contributed by atoms with Crippen LogP contribution in [0.5, 0.6) is 17.2 Å². The molecule has 2 heterocycles. The zero-order chi connectivity index (χ0) is 24.8. The number of hydrogen-bond donors (Lipinski definition) is 0. The van der Waals surface area contributed by atoms with Crippen molar-refractivity contribution in [1.82, 2.24) is 15.2 Å². The van der Waals surface area contributed by atoms with Gasteiger partial charge in [-0.15, -0.1) is 10.2 Å². The Morgan fingerprint density at radius 3 is 2.31 bits per heavy atom. The van der Waals surface area contributed by atoms with Crippen molar-refractivity contribution in [3.63, 3.8) is 0 Å². The summed E-state index contributed by atoms with van der Waals surface area (Å²) in [6.45, 7) is 4.27. The predicted molar refractivity (Wildman–Crippen MR) is 139 cm³/mol. The van der Waals surface area contributed by atoms with Gasteiger partial charge in [-0.2, -0.15) is 4.98 Å². The first kappa shape index (κ1) is 24.9. The number of aromatic nitrogens is 4. The summed E-state index contributed by atoms with van der Waals surface area (Å²) in [6.07, 6.45) is 4.88. The minimum atomic E-state index is 0.557. The fraction of sp³-hybridized carbons (Fsp3) is 0.370. The Hall–Kier alpha value is -3.26. The molecule has 0 aliphatic carbocycles. The molecule has 2 aromatic heterocycles. The van der Waals surface area contributed by atoms with E-state index in [1.165, 1.54) is 19.3 Å². The molecule has 0 aliphatic rings. The molecule has 0 radical (unpaired) electrons. The lowest BCUT2D eigenvalue weighted by Gasteiger charge is -2.19. The SMILES string of the molecule is CCCCCCSc1nnc(-[n+]2c(C)cc3cc(OC)c(OC)cc3c2-c2ccc(OC)cc2)[n-]1. The smallest absolute Gasteiger partial charge is 0.256 e. The Balaban J connectivity index is 1.84. The third-order valence-electron chi connectivity index (χ3n) is 5.96. The highest BCUT2D eigenvalue weighted by Gasteiger charge is 2.19. The normalized spacial score (nSPS) is 11.1. The lowest BCUT2D eigenvalue weighted by atomic mass is 10.0. The van der Waals surface area contributed by atoms with Gasteiger partial charge in [-0.25, -0.2) is 0 Å². The van der Waals surface area contributed by atoms with Crippen molar-refractivity contribution >= 4 is 22.5 Å². The molecule has 4 rings (SSSR count). The number of nitrogens with zero attached hydrogens (tertiary/aromatic N) is 4. The molecule has 8 heteroatoms. The fourth-order valence-electron chi connectivity index (χ4n) is 4.16. The van der Waals surface area contributed by atoms with Crippen LogP contribution in [0.4, 0.5) is 0 Å². The topological polar surface area (TPSA) is 71.5 Å². The molecule has 2 aromatic carbocycles. The molecule has 0 saturated heterocycles. The summed E-state index contributed by atoms with van der Waals surface area (Å²) in [5, 5.41) is 11.6. The summed E-state index contributed by atoms with van der Waals surface area (Å²) < 4.78 is 18.6. The van der Waals surface area contributed by atoms with Gasteiger partial charge in [0.25, 0.3) is 5.95 Å². The van der Waals surface area contributed by atoms with E-state index >= 15 is 0 Å². The molecule has 0 amide bonds. The average Bonchev–Trinajstić information content (AvgIpc) is 3.35. The molecular formula is C27H32N4O3S. The van der Waals surface area contributed by atoms with Crippen LogP contribution in [0.3, 0.4) is 0 Å². The number of thioether (sulfide) groups is 1. The van der Waals surface area contributed by atoms with E-state index in [0.29, 0.717) is 22.6 Å². The zero-order valence-electron chi connectivity index (χ0n) is 21.0. The second-order valence-corrected chi connectivity index (χ2v) is 9.36. The third kappa shape index (κ3) is 5.37. The monoisotopic (exact) mass is 492 g/mol. The van der Waals surface area contributed by atoms with Crippen molar-refractivity contribution in [3.8, 4) is 34.5 Å². The highest BCUT2D eigenvalue weighted by atomic mass is 32.2. The molecule has 0 atom stereocenters. The number of methoxy groups -OCH3 is 3. The lowest BCUT2D eigenvalue weighted by Crippen LogP contribution is -2.39. The van der Waals surface area contributed by atoms with Crippen LogP contribution in [-0.4, -0.2) is 37.3 Å². The van der Waals surface area contributed by atoms with Gasteiger partial charge in [0.05, 0.1) is 27.0 Å². The largest absolute Gasteiger partial charge is 0.497 e. The number of rotatable bonds is 11. The van der Waals surface area contributed by atoms with Crippen LogP contribution in [0, 0.1) is 6.92 Å². The van der Waals surface area contributed by atoms with Gasteiger partial charge < -0.3 is 14.2 Å². The van der Waals surface area contributed by atoms with Crippen LogP contribution in [0.1, 0.15) is 38.3 Å². The van der Waals surface area contributed by atoms with E-state index in [4.69, 9.17) is 19.2 Å². The summed E-state index contributed by atoms with van der Waals surface area (Å²) in [5.41, 5.74) is 2.95. The van der Waals surface area contributed by atoms with E-state index in [-0.39, 0.29) is 0 Å². The molecular weight excluding hydrogens is 460 g/mol. The second-order valence-electron chi connectivity index (χ2n) is 8.30. The third-order valence-corrected chi connectivity index (χ3v) is 6.89. The van der Waals surface area contributed by atoms with Crippen LogP contribution in [0.15, 0.2) is 47.6 Å². The van der Waals surface area contributed by atoms with Crippen molar-refractivity contribution in [2.75, 3.05) is 27.1 Å². The lowest BCUT2D eigenvalue weighted by molar-refractivity contribution is -0.598. The van der Waals surface area contributed by atoms with Crippen molar-refractivity contribution < 1.29 is 18.8 Å². The van der Waals surface area contributed by atoms with Crippen LogP contribution in [0.25, 0.3) is 28.0 Å². The molecule has 0 N–H and O–H groups in total. The maximum Gasteiger partial charge on any atom is 0.256 e. The Morgan fingerprint density at radius 1 is 0.886 bits per heavy atom. The van der Waals surface area contributed by atoms with Gasteiger partial charge in [-0.3, -0.25) is 4.57 Å². The Bertz CT molecular complexity index is 1290. The summed E-state index contributed by atoms with van der Waals surface area (Å²) in [5.74, 6) is 3.70. The van der Waals surface area contributed by atoms with Gasteiger partial charge in [0.15, 0.2) is 11.5 Å². The number of benzene rings is 2. The first-order chi connectivity index (χ1) is 17.1. The molecule has 4 aromatic rings. The van der Waals surface area contributed by atoms with E-state index in [1.54, 1.807) is 33.1 Å². The molecule has 0 fully saturated rings. The average molecular weight is 493 g/mol. The number of aryl methyl sites for hydroxylation is 1. The summed E-state index contributed by atoms with van der Waals surface area (Å²) in [6, 6.07) is 14.1. The Labute approximate surface area is 210 Å². The summed E-state index contributed by atoms with van der Waals surface area (Å²) in [7, 11) is 4.96. The molecule has 35 heavy (non-hydrogen) atoms. The van der Waals surface area contributed by atoms with Crippen LogP contribution in [0.2, 0.25) is 0 Å². The van der Waals surface area contributed by atoms with Gasteiger partial charge >= 0.3 is 0 Å². The second kappa shape index (κ2) is 11.4. The predicted octanol–water partition coefficient (Wildman–Crippen LogP) is 5.54. The van der Waals surface area contributed by atoms with Gasteiger partial charge in [0.2, 0.25) is 5.16 Å². The highest BCUT2D eigenvalue weighted by Crippen LogP contribution is 2.37. The molecule has 0 saturated carbocycles. The zero-order valence-corrected chi connectivity index (χ0v) is 21.8. The molecule has 0 unspecified atom stereocenters. The van der Waals surface area contributed by atoms with Crippen LogP contribution in [-0.2, 0) is 0 Å². The fourth-order valence-corrected chi connectivity index (χ4v) is 4.94. The first-order valence-corrected chi connectivity index (χ1v) is 12.8. The minimum absolute atomic E-state index is 0.557. The molecule has 0 spiro atoms. The van der Waals surface area contributed by atoms with Crippen LogP contribution >= 0.6 is 11.8 Å². The summed E-state index contributed by atoms with van der Waals surface area (Å²) >= 11 is 1.66. The van der Waals surface area contributed by atoms with Crippen molar-refractivity contribution in [2.24, 2.45) is 0 Å². The number of pyridine rings is 1. The van der Waals surface area contributed by atoms with Crippen molar-refractivity contribution in [3.05, 3.63) is 48.2 Å². The number of unbranched alkanes of at least 4 members (excludes halogenated alkanes) is 3. The van der Waals surface area contributed by atoms with E-state index in [1.807, 2.05) is 36.4 Å². The maximum absolute atomic E-state index is 5.62. The Morgan fingerprint density at radius 2 is 1.63 bits per heavy atom.